The van der Waals surface area contributed by atoms with Crippen LogP contribution < -0.4 is 9.46 Å². The summed E-state index contributed by atoms with van der Waals surface area (Å²) in [5, 5.41) is 0. The summed E-state index contributed by atoms with van der Waals surface area (Å²) in [6.07, 6.45) is 2.05. The normalized spacial score (nSPS) is 25.2. The second kappa shape index (κ2) is 9.07. The molecular formula is C22H26N2O4S. The number of carbonyl (C=O) groups excluding carboxylic acids is 1. The molecule has 2 aromatic rings. The van der Waals surface area contributed by atoms with Crippen LogP contribution in [0, 0.1) is 5.92 Å². The number of carbonyl (C=O) groups is 1. The quantitative estimate of drug-likeness (QED) is 0.706. The number of ether oxygens (including phenoxy) is 2. The number of hydrogen-bond donors (Lipinski definition) is 1. The van der Waals surface area contributed by atoms with Gasteiger partial charge in [-0.3, -0.25) is 4.90 Å². The van der Waals surface area contributed by atoms with Gasteiger partial charge in [-0.1, -0.05) is 30.3 Å². The third-order valence-electron chi connectivity index (χ3n) is 5.73. The van der Waals surface area contributed by atoms with Crippen molar-refractivity contribution in [2.24, 2.45) is 5.92 Å². The summed E-state index contributed by atoms with van der Waals surface area (Å²) in [5.41, 5.74) is 0.737. The first-order valence-corrected chi connectivity index (χ1v) is 11.1. The Balaban J connectivity index is 1.50. The molecule has 29 heavy (non-hydrogen) atoms. The van der Waals surface area contributed by atoms with Crippen LogP contribution in [0.1, 0.15) is 24.4 Å². The summed E-state index contributed by atoms with van der Waals surface area (Å²) >= 11 is 0. The lowest BCUT2D eigenvalue weighted by molar-refractivity contribution is -0.161. The van der Waals surface area contributed by atoms with Gasteiger partial charge in [0.2, 0.25) is 0 Å². The molecule has 6 nitrogen and oxygen atoms in total. The van der Waals surface area contributed by atoms with E-state index in [1.54, 1.807) is 31.4 Å². The predicted octanol–water partition coefficient (Wildman–Crippen LogP) is 2.69. The molecule has 1 N–H and O–H groups in total. The van der Waals surface area contributed by atoms with Gasteiger partial charge >= 0.3 is 5.97 Å². The van der Waals surface area contributed by atoms with Crippen molar-refractivity contribution >= 4 is 17.0 Å². The van der Waals surface area contributed by atoms with Gasteiger partial charge in [-0.25, -0.2) is 13.7 Å². The van der Waals surface area contributed by atoms with Gasteiger partial charge in [-0.2, -0.15) is 0 Å². The van der Waals surface area contributed by atoms with E-state index in [0.717, 1.165) is 38.0 Å². The van der Waals surface area contributed by atoms with E-state index < -0.39 is 17.0 Å². The first kappa shape index (κ1) is 20.1. The minimum absolute atomic E-state index is 0.0903. The molecule has 3 heterocycles. The molecular weight excluding hydrogens is 388 g/mol. The largest absolute Gasteiger partial charge is 0.497 e. The molecule has 5 rings (SSSR count). The molecule has 3 atom stereocenters. The fraction of sp³-hybridized carbons (Fsp3) is 0.409. The van der Waals surface area contributed by atoms with Gasteiger partial charge in [0.05, 0.1) is 12.0 Å². The molecule has 0 aliphatic carbocycles. The highest BCUT2D eigenvalue weighted by atomic mass is 32.2. The van der Waals surface area contributed by atoms with E-state index in [-0.39, 0.29) is 12.1 Å². The summed E-state index contributed by atoms with van der Waals surface area (Å²) in [4.78, 5) is 16.0. The van der Waals surface area contributed by atoms with Gasteiger partial charge < -0.3 is 9.47 Å². The van der Waals surface area contributed by atoms with Crippen LogP contribution in [0.3, 0.4) is 0 Å². The standard InChI is InChI=1S/C22H26N2O4S/c1-27-18-7-9-19(10-8-18)29(26)23-21(17-5-3-2-4-6-17)22(25)28-20-15-24-13-11-16(20)12-14-24/h2-10,16,20-21,23H,11-15H2,1H3/t20-,21?,29?/m0/s1. The molecule has 7 heteroatoms. The molecule has 2 bridgehead atoms. The van der Waals surface area contributed by atoms with Crippen molar-refractivity contribution in [3.8, 4) is 5.75 Å². The van der Waals surface area contributed by atoms with Crippen LogP contribution in [0.4, 0.5) is 0 Å². The fourth-order valence-electron chi connectivity index (χ4n) is 4.03. The Morgan fingerprint density at radius 1 is 1.10 bits per heavy atom. The third-order valence-corrected chi connectivity index (χ3v) is 6.88. The van der Waals surface area contributed by atoms with Gasteiger partial charge in [0.15, 0.2) is 0 Å². The summed E-state index contributed by atoms with van der Waals surface area (Å²) in [6, 6.07) is 15.5. The number of rotatable bonds is 7. The third kappa shape index (κ3) is 4.69. The number of nitrogens with one attached hydrogen (secondary N) is 1. The van der Waals surface area contributed by atoms with Crippen molar-refractivity contribution < 1.29 is 18.5 Å². The minimum Gasteiger partial charge on any atom is -0.497 e. The molecule has 3 aliphatic rings. The lowest BCUT2D eigenvalue weighted by Gasteiger charge is -2.44. The first-order chi connectivity index (χ1) is 14.1. The Labute approximate surface area is 173 Å². The SMILES string of the molecule is COc1ccc(S(=O)NC(C(=O)O[C@H]2CN3CCC2CC3)c2ccccc2)cc1. The molecule has 0 amide bonds. The fourth-order valence-corrected chi connectivity index (χ4v) is 5.00. The maximum absolute atomic E-state index is 13.1. The van der Waals surface area contributed by atoms with Gasteiger partial charge in [0.1, 0.15) is 28.9 Å². The molecule has 3 saturated heterocycles. The molecule has 2 unspecified atom stereocenters. The van der Waals surface area contributed by atoms with Crippen molar-refractivity contribution in [1.29, 1.82) is 0 Å². The summed E-state index contributed by atoms with van der Waals surface area (Å²) in [5.74, 6) is 0.733. The Kier molecular flexibility index (Phi) is 6.28. The maximum atomic E-state index is 13.1. The Bertz CT molecular complexity index is 851. The van der Waals surface area contributed by atoms with Crippen LogP contribution in [-0.2, 0) is 20.5 Å². The van der Waals surface area contributed by atoms with Gasteiger partial charge in [0, 0.05) is 6.54 Å². The van der Waals surface area contributed by atoms with Crippen LogP contribution in [0.25, 0.3) is 0 Å². The van der Waals surface area contributed by atoms with Gasteiger partial charge in [-0.05, 0) is 61.7 Å². The molecule has 0 aromatic heterocycles. The zero-order valence-electron chi connectivity index (χ0n) is 16.5. The van der Waals surface area contributed by atoms with E-state index in [2.05, 4.69) is 9.62 Å². The average Bonchev–Trinajstić information content (AvgIpc) is 2.78. The molecule has 3 aliphatic heterocycles. The number of hydrogen-bond acceptors (Lipinski definition) is 5. The van der Waals surface area contributed by atoms with E-state index in [1.807, 2.05) is 30.3 Å². The van der Waals surface area contributed by atoms with Crippen molar-refractivity contribution in [3.05, 3.63) is 60.2 Å². The van der Waals surface area contributed by atoms with Crippen molar-refractivity contribution in [1.82, 2.24) is 9.62 Å². The number of benzene rings is 2. The number of piperidine rings is 3. The van der Waals surface area contributed by atoms with E-state index in [1.165, 1.54) is 0 Å². The van der Waals surface area contributed by atoms with Crippen molar-refractivity contribution in [2.45, 2.75) is 29.9 Å². The van der Waals surface area contributed by atoms with Crippen LogP contribution >= 0.6 is 0 Å². The maximum Gasteiger partial charge on any atom is 0.329 e. The van der Waals surface area contributed by atoms with Gasteiger partial charge in [0.25, 0.3) is 0 Å². The second-order valence-electron chi connectivity index (χ2n) is 7.52. The van der Waals surface area contributed by atoms with Crippen LogP contribution in [0.5, 0.6) is 5.75 Å². The summed E-state index contributed by atoms with van der Waals surface area (Å²) < 4.78 is 26.9. The number of nitrogens with zero attached hydrogens (tertiary/aromatic N) is 1. The average molecular weight is 415 g/mol. The summed E-state index contributed by atoms with van der Waals surface area (Å²) in [7, 11) is 0.0136. The van der Waals surface area contributed by atoms with E-state index in [4.69, 9.17) is 9.47 Å². The monoisotopic (exact) mass is 414 g/mol. The van der Waals surface area contributed by atoms with E-state index >= 15 is 0 Å². The number of methoxy groups -OCH3 is 1. The zero-order chi connectivity index (χ0) is 20.2. The van der Waals surface area contributed by atoms with E-state index in [9.17, 15) is 9.00 Å². The Morgan fingerprint density at radius 2 is 1.79 bits per heavy atom. The number of fused-ring (bicyclic) bond motifs is 3. The predicted molar refractivity (Wildman–Crippen MR) is 111 cm³/mol. The molecule has 0 radical (unpaired) electrons. The molecule has 3 fully saturated rings. The van der Waals surface area contributed by atoms with Crippen molar-refractivity contribution in [3.63, 3.8) is 0 Å². The first-order valence-electron chi connectivity index (χ1n) is 9.94. The molecule has 154 valence electrons. The summed E-state index contributed by atoms with van der Waals surface area (Å²) in [6.45, 7) is 2.96. The second-order valence-corrected chi connectivity index (χ2v) is 8.76. The van der Waals surface area contributed by atoms with Crippen LogP contribution in [0.15, 0.2) is 59.5 Å². The van der Waals surface area contributed by atoms with Gasteiger partial charge in [-0.15, -0.1) is 0 Å². The van der Waals surface area contributed by atoms with Crippen molar-refractivity contribution in [2.75, 3.05) is 26.7 Å². The smallest absolute Gasteiger partial charge is 0.329 e. The zero-order valence-corrected chi connectivity index (χ0v) is 17.3. The molecule has 0 spiro atoms. The Hall–Kier alpha value is -2.22. The minimum atomic E-state index is -1.57. The highest BCUT2D eigenvalue weighted by Gasteiger charge is 2.38. The lowest BCUT2D eigenvalue weighted by atomic mass is 9.86. The molecule has 2 aromatic carbocycles. The highest BCUT2D eigenvalue weighted by molar-refractivity contribution is 7.83. The lowest BCUT2D eigenvalue weighted by Crippen LogP contribution is -2.52. The van der Waals surface area contributed by atoms with E-state index in [0.29, 0.717) is 16.6 Å². The van der Waals surface area contributed by atoms with Crippen LogP contribution in [-0.4, -0.2) is 47.9 Å². The number of esters is 1. The molecule has 0 saturated carbocycles. The Morgan fingerprint density at radius 3 is 2.38 bits per heavy atom. The highest BCUT2D eigenvalue weighted by Crippen LogP contribution is 2.31. The topological polar surface area (TPSA) is 67.9 Å². The van der Waals surface area contributed by atoms with Crippen LogP contribution in [0.2, 0.25) is 0 Å².